The Balaban J connectivity index is 0. The first-order valence-electron chi connectivity index (χ1n) is 13.2. The van der Waals surface area contributed by atoms with Crippen LogP contribution in [0.2, 0.25) is 0 Å². The Morgan fingerprint density at radius 1 is 0.676 bits per heavy atom. The number of unbranched alkanes of at least 4 members (excludes halogenated alkanes) is 15. The Morgan fingerprint density at radius 2 is 1.00 bits per heavy atom. The van der Waals surface area contributed by atoms with Crippen molar-refractivity contribution in [3.8, 4) is 0 Å². The van der Waals surface area contributed by atoms with E-state index in [-0.39, 0.29) is 12.0 Å². The van der Waals surface area contributed by atoms with Crippen LogP contribution in [0.15, 0.2) is 0 Å². The molecule has 0 atom stereocenters. The molecule has 4 N–H and O–H groups in total. The molecule has 0 saturated heterocycles. The van der Waals surface area contributed by atoms with Gasteiger partial charge in [-0.15, -0.1) is 0 Å². The number of methoxy groups -OCH3 is 2. The molecule has 0 rings (SSSR count). The minimum atomic E-state index is -4.64. The van der Waals surface area contributed by atoms with Crippen LogP contribution in [0.3, 0.4) is 0 Å². The first kappa shape index (κ1) is 36.5. The van der Waals surface area contributed by atoms with Crippen LogP contribution in [0.5, 0.6) is 0 Å². The van der Waals surface area contributed by atoms with E-state index in [0.717, 1.165) is 5.75 Å². The fourth-order valence-corrected chi connectivity index (χ4v) is 5.16. The van der Waals surface area contributed by atoms with Crippen LogP contribution in [-0.4, -0.2) is 65.3 Å². The second-order valence-electron chi connectivity index (χ2n) is 9.39. The smallest absolute Gasteiger partial charge is 0.396 e. The van der Waals surface area contributed by atoms with Crippen LogP contribution < -0.4 is 0 Å². The molecule has 9 heteroatoms. The van der Waals surface area contributed by atoms with Crippen molar-refractivity contribution in [1.82, 2.24) is 0 Å². The van der Waals surface area contributed by atoms with Crippen molar-refractivity contribution < 1.29 is 33.8 Å². The van der Waals surface area contributed by atoms with Crippen LogP contribution in [0.4, 0.5) is 0 Å². The van der Waals surface area contributed by atoms with Gasteiger partial charge in [0.05, 0.1) is 19.8 Å². The Kier molecular flexibility index (Phi) is 28.3. The van der Waals surface area contributed by atoms with E-state index >= 15 is 0 Å². The SMILES string of the molecule is CCCCCCCCCCCCCCCCCCSCC(CO)(COC)COC.O=P(O)(O)O. The third-order valence-electron chi connectivity index (χ3n) is 5.79. The zero-order valence-corrected chi connectivity index (χ0v) is 23.9. The summed E-state index contributed by atoms with van der Waals surface area (Å²) in [7, 11) is -1.25. The quantitative estimate of drug-likeness (QED) is 0.0846. The molecule has 0 unspecified atom stereocenters. The highest BCUT2D eigenvalue weighted by atomic mass is 32.2. The highest BCUT2D eigenvalue weighted by molar-refractivity contribution is 7.99. The Labute approximate surface area is 214 Å². The lowest BCUT2D eigenvalue weighted by molar-refractivity contribution is -0.0104. The van der Waals surface area contributed by atoms with Gasteiger partial charge in [-0.2, -0.15) is 11.8 Å². The van der Waals surface area contributed by atoms with Crippen molar-refractivity contribution in [1.29, 1.82) is 0 Å². The van der Waals surface area contributed by atoms with Gasteiger partial charge >= 0.3 is 7.82 Å². The van der Waals surface area contributed by atoms with E-state index in [9.17, 15) is 5.11 Å². The number of aliphatic hydroxyl groups is 1. The molecule has 0 aromatic heterocycles. The molecule has 0 saturated carbocycles. The maximum atomic E-state index is 9.71. The van der Waals surface area contributed by atoms with E-state index < -0.39 is 7.82 Å². The third-order valence-corrected chi connectivity index (χ3v) is 7.18. The van der Waals surface area contributed by atoms with Crippen molar-refractivity contribution in [3.63, 3.8) is 0 Å². The number of ether oxygens (including phenoxy) is 2. The van der Waals surface area contributed by atoms with Gasteiger partial charge in [0, 0.05) is 25.4 Å². The highest BCUT2D eigenvalue weighted by Crippen LogP contribution is 2.26. The lowest BCUT2D eigenvalue weighted by atomic mass is 9.94. The van der Waals surface area contributed by atoms with E-state index in [0.29, 0.717) is 13.2 Å². The van der Waals surface area contributed by atoms with Gasteiger partial charge in [-0.05, 0) is 12.2 Å². The van der Waals surface area contributed by atoms with Crippen LogP contribution in [0.1, 0.15) is 110 Å². The average Bonchev–Trinajstić information content (AvgIpc) is 2.77. The highest BCUT2D eigenvalue weighted by Gasteiger charge is 2.29. The number of thioether (sulfide) groups is 1. The van der Waals surface area contributed by atoms with Gasteiger partial charge < -0.3 is 29.3 Å². The number of rotatable bonds is 24. The molecule has 34 heavy (non-hydrogen) atoms. The van der Waals surface area contributed by atoms with Crippen LogP contribution in [-0.2, 0) is 14.0 Å². The number of hydrogen-bond acceptors (Lipinski definition) is 5. The maximum absolute atomic E-state index is 9.71. The molecule has 208 valence electrons. The molecule has 0 radical (unpaired) electrons. The van der Waals surface area contributed by atoms with Gasteiger partial charge in [-0.25, -0.2) is 4.57 Å². The van der Waals surface area contributed by atoms with Crippen molar-refractivity contribution >= 4 is 19.6 Å². The molecule has 0 heterocycles. The monoisotopic (exact) mass is 530 g/mol. The number of hydrogen-bond donors (Lipinski definition) is 4. The Hall–Kier alpha value is 0.340. The van der Waals surface area contributed by atoms with Gasteiger partial charge in [-0.1, -0.05) is 103 Å². The van der Waals surface area contributed by atoms with E-state index in [2.05, 4.69) is 6.92 Å². The minimum Gasteiger partial charge on any atom is -0.396 e. The molecule has 0 aromatic rings. The average molecular weight is 531 g/mol. The van der Waals surface area contributed by atoms with E-state index in [1.54, 1.807) is 14.2 Å². The first-order chi connectivity index (χ1) is 16.2. The summed E-state index contributed by atoms with van der Waals surface area (Å²) in [5, 5.41) is 9.71. The molecule has 0 aromatic carbocycles. The molecular weight excluding hydrogens is 475 g/mol. The molecule has 0 aliphatic carbocycles. The Bertz CT molecular complexity index is 435. The van der Waals surface area contributed by atoms with Crippen LogP contribution >= 0.6 is 19.6 Å². The van der Waals surface area contributed by atoms with Crippen LogP contribution in [0.25, 0.3) is 0 Å². The van der Waals surface area contributed by atoms with Gasteiger partial charge in [0.2, 0.25) is 0 Å². The fraction of sp³-hybridized carbons (Fsp3) is 1.00. The molecule has 0 amide bonds. The van der Waals surface area contributed by atoms with Crippen molar-refractivity contribution in [3.05, 3.63) is 0 Å². The van der Waals surface area contributed by atoms with Gasteiger partial charge in [-0.3, -0.25) is 0 Å². The lowest BCUT2D eigenvalue weighted by Crippen LogP contribution is -2.38. The van der Waals surface area contributed by atoms with Crippen molar-refractivity contribution in [2.45, 2.75) is 110 Å². The van der Waals surface area contributed by atoms with Crippen molar-refractivity contribution in [2.24, 2.45) is 5.41 Å². The summed E-state index contributed by atoms with van der Waals surface area (Å²) in [6.07, 6.45) is 22.6. The number of phosphoric acid groups is 1. The maximum Gasteiger partial charge on any atom is 0.466 e. The summed E-state index contributed by atoms with van der Waals surface area (Å²) >= 11 is 1.93. The molecule has 0 fully saturated rings. The third kappa shape index (κ3) is 30.4. The molecule has 0 bridgehead atoms. The number of aliphatic hydroxyl groups excluding tert-OH is 1. The Morgan fingerprint density at radius 3 is 1.29 bits per heavy atom. The summed E-state index contributed by atoms with van der Waals surface area (Å²) in [6.45, 7) is 3.53. The fourth-order valence-electron chi connectivity index (χ4n) is 3.92. The normalized spacial score (nSPS) is 12.0. The minimum absolute atomic E-state index is 0.126. The van der Waals surface area contributed by atoms with E-state index in [1.807, 2.05) is 11.8 Å². The molecule has 0 aliphatic rings. The summed E-state index contributed by atoms with van der Waals surface area (Å²) in [4.78, 5) is 21.6. The van der Waals surface area contributed by atoms with Crippen LogP contribution in [0, 0.1) is 5.41 Å². The lowest BCUT2D eigenvalue weighted by Gasteiger charge is -2.29. The second kappa shape index (κ2) is 26.4. The zero-order valence-electron chi connectivity index (χ0n) is 22.2. The summed E-state index contributed by atoms with van der Waals surface area (Å²) in [5.41, 5.74) is -0.247. The predicted molar refractivity (Wildman–Crippen MR) is 144 cm³/mol. The second-order valence-corrected chi connectivity index (χ2v) is 11.5. The van der Waals surface area contributed by atoms with Gasteiger partial charge in [0.25, 0.3) is 0 Å². The zero-order chi connectivity index (χ0) is 26.0. The van der Waals surface area contributed by atoms with Gasteiger partial charge in [0.15, 0.2) is 0 Å². The largest absolute Gasteiger partial charge is 0.466 e. The summed E-state index contributed by atoms with van der Waals surface area (Å²) in [6, 6.07) is 0. The van der Waals surface area contributed by atoms with E-state index in [4.69, 9.17) is 28.7 Å². The topological polar surface area (TPSA) is 116 Å². The predicted octanol–water partition coefficient (Wildman–Crippen LogP) is 6.32. The molecule has 0 aliphatic heterocycles. The first-order valence-corrected chi connectivity index (χ1v) is 15.9. The van der Waals surface area contributed by atoms with Crippen molar-refractivity contribution in [2.75, 3.05) is 45.5 Å². The molecule has 7 nitrogen and oxygen atoms in total. The standard InChI is InChI=1S/C25H52O3S.H3O4P/c1-4-5-6-7-8-9-10-11-12-13-14-15-16-17-18-19-20-29-24-25(21-26,22-27-2)23-28-3;1-5(2,3)4/h26H,4-24H2,1-3H3;(H3,1,2,3,4). The molecular formula is C25H55O7PS. The van der Waals surface area contributed by atoms with Gasteiger partial charge in [0.1, 0.15) is 0 Å². The molecule has 0 spiro atoms. The summed E-state index contributed by atoms with van der Waals surface area (Å²) in [5.74, 6) is 2.08. The summed E-state index contributed by atoms with van der Waals surface area (Å²) < 4.78 is 19.5. The van der Waals surface area contributed by atoms with E-state index in [1.165, 1.54) is 108 Å².